The average molecular weight is 329 g/mol. The van der Waals surface area contributed by atoms with Crippen molar-refractivity contribution in [1.82, 2.24) is 19.7 Å². The fraction of sp³-hybridized carbons (Fsp3) is 0.312. The predicted octanol–water partition coefficient (Wildman–Crippen LogP) is 2.41. The van der Waals surface area contributed by atoms with Gasteiger partial charge in [0.25, 0.3) is 0 Å². The topological polar surface area (TPSA) is 63.1 Å². The minimum atomic E-state index is -0.0587. The number of likely N-dealkylation sites (N-methyl/N-ethyl adjacent to an activating group) is 1. The Balaban J connectivity index is 1.59. The molecule has 0 bridgehead atoms. The molecule has 0 radical (unpaired) electrons. The third kappa shape index (κ3) is 3.75. The predicted molar refractivity (Wildman–Crippen MR) is 92.5 cm³/mol. The van der Waals surface area contributed by atoms with Crippen LogP contribution in [0.5, 0.6) is 0 Å². The number of para-hydroxylation sites is 1. The van der Waals surface area contributed by atoms with E-state index in [4.69, 9.17) is 0 Å². The monoisotopic (exact) mass is 329 g/mol. The van der Waals surface area contributed by atoms with E-state index in [9.17, 15) is 4.79 Å². The van der Waals surface area contributed by atoms with Crippen molar-refractivity contribution in [2.75, 3.05) is 18.9 Å². The highest BCUT2D eigenvalue weighted by molar-refractivity contribution is 7.18. The van der Waals surface area contributed by atoms with Crippen LogP contribution in [0.25, 0.3) is 10.2 Å². The van der Waals surface area contributed by atoms with Crippen molar-refractivity contribution in [3.63, 3.8) is 0 Å². The van der Waals surface area contributed by atoms with Crippen molar-refractivity contribution in [3.05, 3.63) is 41.0 Å². The number of nitrogens with zero attached hydrogens (tertiary/aromatic N) is 4. The summed E-state index contributed by atoms with van der Waals surface area (Å²) in [5.74, 6) is 0.650. The largest absolute Gasteiger partial charge is 0.310 e. The summed E-state index contributed by atoms with van der Waals surface area (Å²) < 4.78 is 2.84. The number of rotatable bonds is 5. The molecule has 0 atom stereocenters. The number of amides is 1. The molecule has 3 rings (SSSR count). The molecule has 0 saturated heterocycles. The van der Waals surface area contributed by atoms with Crippen molar-refractivity contribution in [2.24, 2.45) is 7.05 Å². The van der Waals surface area contributed by atoms with E-state index in [1.54, 1.807) is 16.0 Å². The number of aromatic nitrogens is 3. The van der Waals surface area contributed by atoms with Gasteiger partial charge in [-0.05, 0) is 26.1 Å². The van der Waals surface area contributed by atoms with E-state index < -0.39 is 0 Å². The summed E-state index contributed by atoms with van der Waals surface area (Å²) in [5, 5.41) is 8.10. The molecule has 120 valence electrons. The highest BCUT2D eigenvalue weighted by atomic mass is 32.1. The van der Waals surface area contributed by atoms with Gasteiger partial charge in [0.05, 0.1) is 29.0 Å². The fourth-order valence-electron chi connectivity index (χ4n) is 2.43. The van der Waals surface area contributed by atoms with Crippen LogP contribution in [0.4, 0.5) is 5.82 Å². The molecule has 0 unspecified atom stereocenters. The van der Waals surface area contributed by atoms with Crippen molar-refractivity contribution in [1.29, 1.82) is 0 Å². The molecular formula is C16H19N5OS. The van der Waals surface area contributed by atoms with Gasteiger partial charge >= 0.3 is 0 Å². The van der Waals surface area contributed by atoms with E-state index in [1.807, 2.05) is 50.2 Å². The van der Waals surface area contributed by atoms with Crippen LogP contribution >= 0.6 is 11.3 Å². The van der Waals surface area contributed by atoms with Crippen molar-refractivity contribution in [2.45, 2.75) is 13.5 Å². The smallest absolute Gasteiger partial charge is 0.239 e. The van der Waals surface area contributed by atoms with E-state index >= 15 is 0 Å². The van der Waals surface area contributed by atoms with Gasteiger partial charge < -0.3 is 5.32 Å². The molecule has 23 heavy (non-hydrogen) atoms. The number of fused-ring (bicyclic) bond motifs is 1. The maximum atomic E-state index is 12.1. The van der Waals surface area contributed by atoms with E-state index in [1.165, 1.54) is 4.70 Å². The average Bonchev–Trinajstić information content (AvgIpc) is 3.00. The molecule has 1 aromatic carbocycles. The number of anilines is 1. The maximum Gasteiger partial charge on any atom is 0.239 e. The highest BCUT2D eigenvalue weighted by Crippen LogP contribution is 2.22. The minimum absolute atomic E-state index is 0.0587. The number of carbonyl (C=O) groups excluding carboxylic acids is 1. The first-order chi connectivity index (χ1) is 11.0. The van der Waals surface area contributed by atoms with Crippen molar-refractivity contribution >= 4 is 33.3 Å². The Labute approximate surface area is 138 Å². The zero-order valence-electron chi connectivity index (χ0n) is 13.4. The van der Waals surface area contributed by atoms with Crippen LogP contribution in [0.3, 0.4) is 0 Å². The minimum Gasteiger partial charge on any atom is -0.310 e. The second-order valence-electron chi connectivity index (χ2n) is 5.59. The molecule has 2 heterocycles. The standard InChI is InChI=1S/C16H19N5OS/c1-11-8-14(21(3)19-11)18-15(22)9-20(2)10-16-17-12-6-4-5-7-13(12)23-16/h4-8H,9-10H2,1-3H3,(H,18,22). The first-order valence-electron chi connectivity index (χ1n) is 7.35. The molecule has 2 aromatic heterocycles. The lowest BCUT2D eigenvalue weighted by Gasteiger charge is -2.14. The second kappa shape index (κ2) is 6.47. The Hall–Kier alpha value is -2.25. The second-order valence-corrected chi connectivity index (χ2v) is 6.71. The van der Waals surface area contributed by atoms with Gasteiger partial charge in [0.2, 0.25) is 5.91 Å². The molecular weight excluding hydrogens is 310 g/mol. The highest BCUT2D eigenvalue weighted by Gasteiger charge is 2.12. The van der Waals surface area contributed by atoms with Crippen LogP contribution in [0.1, 0.15) is 10.7 Å². The number of carbonyl (C=O) groups is 1. The van der Waals surface area contributed by atoms with Gasteiger partial charge in [0, 0.05) is 13.1 Å². The summed E-state index contributed by atoms with van der Waals surface area (Å²) >= 11 is 1.66. The van der Waals surface area contributed by atoms with E-state index in [0.29, 0.717) is 18.9 Å². The molecule has 3 aromatic rings. The van der Waals surface area contributed by atoms with Crippen molar-refractivity contribution in [3.8, 4) is 0 Å². The Bertz CT molecular complexity index is 805. The first-order valence-corrected chi connectivity index (χ1v) is 8.16. The molecule has 0 aliphatic rings. The van der Waals surface area contributed by atoms with Gasteiger partial charge in [0.15, 0.2) is 0 Å². The van der Waals surface area contributed by atoms with Crippen LogP contribution in [0.15, 0.2) is 30.3 Å². The summed E-state index contributed by atoms with van der Waals surface area (Å²) in [4.78, 5) is 18.7. The summed E-state index contributed by atoms with van der Waals surface area (Å²) in [5.41, 5.74) is 1.89. The lowest BCUT2D eigenvalue weighted by molar-refractivity contribution is -0.117. The quantitative estimate of drug-likeness (QED) is 0.781. The molecule has 0 aliphatic heterocycles. The van der Waals surface area contributed by atoms with Crippen LogP contribution < -0.4 is 5.32 Å². The third-order valence-corrected chi connectivity index (χ3v) is 4.45. The lowest BCUT2D eigenvalue weighted by atomic mass is 10.3. The lowest BCUT2D eigenvalue weighted by Crippen LogP contribution is -2.30. The number of benzene rings is 1. The van der Waals surface area contributed by atoms with Gasteiger partial charge in [-0.15, -0.1) is 11.3 Å². The summed E-state index contributed by atoms with van der Waals surface area (Å²) in [7, 11) is 3.73. The van der Waals surface area contributed by atoms with Gasteiger partial charge in [-0.25, -0.2) is 4.98 Å². The third-order valence-electron chi connectivity index (χ3n) is 3.43. The fourth-order valence-corrected chi connectivity index (χ4v) is 3.48. The summed E-state index contributed by atoms with van der Waals surface area (Å²) in [6, 6.07) is 9.92. The number of thiazole rings is 1. The van der Waals surface area contributed by atoms with Gasteiger partial charge in [-0.3, -0.25) is 14.4 Å². The molecule has 1 amide bonds. The Morgan fingerprint density at radius 3 is 2.87 bits per heavy atom. The molecule has 0 spiro atoms. The van der Waals surface area contributed by atoms with Gasteiger partial charge in [-0.1, -0.05) is 12.1 Å². The summed E-state index contributed by atoms with van der Waals surface area (Å²) in [6.07, 6.45) is 0. The molecule has 6 nitrogen and oxygen atoms in total. The van der Waals surface area contributed by atoms with Crippen LogP contribution in [-0.2, 0) is 18.4 Å². The number of nitrogens with one attached hydrogen (secondary N) is 1. The number of hydrogen-bond donors (Lipinski definition) is 1. The van der Waals surface area contributed by atoms with Crippen LogP contribution in [0, 0.1) is 6.92 Å². The zero-order chi connectivity index (χ0) is 16.4. The molecule has 1 N–H and O–H groups in total. The van der Waals surface area contributed by atoms with Gasteiger partial charge in [-0.2, -0.15) is 5.10 Å². The SMILES string of the molecule is Cc1cc(NC(=O)CN(C)Cc2nc3ccccc3s2)n(C)n1. The Kier molecular flexibility index (Phi) is 4.40. The Morgan fingerprint density at radius 2 is 2.17 bits per heavy atom. The Morgan fingerprint density at radius 1 is 1.39 bits per heavy atom. The summed E-state index contributed by atoms with van der Waals surface area (Å²) in [6.45, 7) is 2.85. The number of aryl methyl sites for hydroxylation is 2. The van der Waals surface area contributed by atoms with Gasteiger partial charge in [0.1, 0.15) is 10.8 Å². The van der Waals surface area contributed by atoms with E-state index in [-0.39, 0.29) is 5.91 Å². The number of hydrogen-bond acceptors (Lipinski definition) is 5. The van der Waals surface area contributed by atoms with E-state index in [2.05, 4.69) is 21.5 Å². The molecule has 0 fully saturated rings. The van der Waals surface area contributed by atoms with Crippen LogP contribution in [0.2, 0.25) is 0 Å². The van der Waals surface area contributed by atoms with Crippen LogP contribution in [-0.4, -0.2) is 39.2 Å². The zero-order valence-corrected chi connectivity index (χ0v) is 14.2. The maximum absolute atomic E-state index is 12.1. The first kappa shape index (κ1) is 15.6. The van der Waals surface area contributed by atoms with Crippen molar-refractivity contribution < 1.29 is 4.79 Å². The van der Waals surface area contributed by atoms with E-state index in [0.717, 1.165) is 16.2 Å². The molecule has 7 heteroatoms. The molecule has 0 aliphatic carbocycles. The molecule has 0 saturated carbocycles. The normalized spacial score (nSPS) is 11.3.